The molecule has 1 aromatic rings. The van der Waals surface area contributed by atoms with Crippen molar-refractivity contribution in [1.82, 2.24) is 4.90 Å². The Kier molecular flexibility index (Phi) is 2.54. The molecule has 4 bridgehead atoms. The van der Waals surface area contributed by atoms with Crippen LogP contribution in [0.5, 0.6) is 5.75 Å². The number of hydrogen-bond donors (Lipinski definition) is 0. The van der Waals surface area contributed by atoms with E-state index >= 15 is 0 Å². The maximum atomic E-state index is 12.7. The maximum absolute atomic E-state index is 12.7. The summed E-state index contributed by atoms with van der Waals surface area (Å²) in [6.45, 7) is 7.36. The van der Waals surface area contributed by atoms with Gasteiger partial charge in [0.2, 0.25) is 0 Å². The van der Waals surface area contributed by atoms with Crippen LogP contribution in [0.4, 0.5) is 0 Å². The molecule has 7 rings (SSSR count). The summed E-state index contributed by atoms with van der Waals surface area (Å²) in [5.41, 5.74) is 4.12. The number of nitrogens with zero attached hydrogens (tertiary/aromatic N) is 1. The predicted molar refractivity (Wildman–Crippen MR) is 100 cm³/mol. The van der Waals surface area contributed by atoms with Gasteiger partial charge in [-0.15, -0.1) is 0 Å². The maximum Gasteiger partial charge on any atom is 0.133 e. The van der Waals surface area contributed by atoms with Gasteiger partial charge in [0, 0.05) is 33.8 Å². The molecule has 1 saturated heterocycles. The van der Waals surface area contributed by atoms with E-state index in [1.54, 1.807) is 6.92 Å². The first-order valence-electron chi connectivity index (χ1n) is 10.1. The quantitative estimate of drug-likeness (QED) is 0.728. The summed E-state index contributed by atoms with van der Waals surface area (Å²) in [6, 6.07) is 5.04. The van der Waals surface area contributed by atoms with Gasteiger partial charge in [-0.05, 0) is 57.8 Å². The summed E-state index contributed by atoms with van der Waals surface area (Å²) >= 11 is 0. The first-order chi connectivity index (χ1) is 12.3. The summed E-state index contributed by atoms with van der Waals surface area (Å²) in [6.07, 6.45) is 8.17. The summed E-state index contributed by atoms with van der Waals surface area (Å²) in [7, 11) is 2.27. The van der Waals surface area contributed by atoms with Crippen molar-refractivity contribution in [3.63, 3.8) is 0 Å². The van der Waals surface area contributed by atoms with E-state index < -0.39 is 0 Å². The van der Waals surface area contributed by atoms with Crippen LogP contribution in [0.25, 0.3) is 0 Å². The van der Waals surface area contributed by atoms with E-state index in [0.717, 1.165) is 31.6 Å². The molecule has 6 atom stereocenters. The number of rotatable bonds is 1. The van der Waals surface area contributed by atoms with Crippen molar-refractivity contribution in [2.45, 2.75) is 57.6 Å². The summed E-state index contributed by atoms with van der Waals surface area (Å²) in [4.78, 5) is 15.2. The molecular weight excluding hydrogens is 322 g/mol. The molecule has 3 nitrogen and oxygen atoms in total. The van der Waals surface area contributed by atoms with Crippen molar-refractivity contribution < 1.29 is 9.53 Å². The first-order valence-corrected chi connectivity index (χ1v) is 10.1. The van der Waals surface area contributed by atoms with Crippen molar-refractivity contribution in [1.29, 1.82) is 0 Å². The molecule has 0 N–H and O–H groups in total. The number of Topliss-reactive ketones (excluding diaryl/α,β-unsaturated/α-hetero) is 1. The molecule has 1 saturated carbocycles. The lowest BCUT2D eigenvalue weighted by molar-refractivity contribution is -0.171. The van der Waals surface area contributed by atoms with E-state index in [0.29, 0.717) is 11.8 Å². The van der Waals surface area contributed by atoms with Crippen LogP contribution in [0.1, 0.15) is 43.4 Å². The fraction of sp³-hybridized carbons (Fsp3) is 0.609. The number of ketones is 1. The van der Waals surface area contributed by atoms with Gasteiger partial charge in [-0.2, -0.15) is 0 Å². The molecule has 2 heterocycles. The van der Waals surface area contributed by atoms with E-state index in [-0.39, 0.29) is 28.3 Å². The van der Waals surface area contributed by atoms with Crippen molar-refractivity contribution in [2.24, 2.45) is 16.7 Å². The lowest BCUT2D eigenvalue weighted by Gasteiger charge is -2.71. The molecule has 136 valence electrons. The first kappa shape index (κ1) is 15.4. The molecule has 0 radical (unpaired) electrons. The van der Waals surface area contributed by atoms with Gasteiger partial charge in [-0.3, -0.25) is 4.79 Å². The SMILES string of the molecule is CC(=O)[C@H]1C[C@@]23C=C[C@]1(C)[C@@H]1Oc4c(C)ccc5c4[C@@]12CCN(C)[C@@H]3C5. The van der Waals surface area contributed by atoms with E-state index in [9.17, 15) is 4.79 Å². The third-order valence-electron chi connectivity index (χ3n) is 8.89. The number of hydrogen-bond acceptors (Lipinski definition) is 3. The zero-order valence-electron chi connectivity index (χ0n) is 16.1. The Morgan fingerprint density at radius 2 is 2.12 bits per heavy atom. The second-order valence-corrected chi connectivity index (χ2v) is 9.77. The second-order valence-electron chi connectivity index (χ2n) is 9.77. The number of piperidine rings is 1. The van der Waals surface area contributed by atoms with Crippen LogP contribution in [0.3, 0.4) is 0 Å². The number of likely N-dealkylation sites (N-methyl/N-ethyl adjacent to an activating group) is 1. The normalized spacial score (nSPS) is 46.8. The second kappa shape index (κ2) is 4.27. The van der Waals surface area contributed by atoms with Crippen LogP contribution >= 0.6 is 0 Å². The van der Waals surface area contributed by atoms with Crippen LogP contribution in [-0.4, -0.2) is 36.4 Å². The lowest BCUT2D eigenvalue weighted by atomic mass is 9.35. The predicted octanol–water partition coefficient (Wildman–Crippen LogP) is 3.43. The summed E-state index contributed by atoms with van der Waals surface area (Å²) in [5.74, 6) is 1.53. The van der Waals surface area contributed by atoms with Crippen LogP contribution < -0.4 is 4.74 Å². The highest BCUT2D eigenvalue weighted by Crippen LogP contribution is 2.75. The molecular formula is C23H27NO2. The van der Waals surface area contributed by atoms with E-state index in [1.165, 1.54) is 16.7 Å². The fourth-order valence-corrected chi connectivity index (χ4v) is 7.76. The van der Waals surface area contributed by atoms with Gasteiger partial charge < -0.3 is 9.64 Å². The van der Waals surface area contributed by atoms with Gasteiger partial charge in [0.1, 0.15) is 17.6 Å². The third-order valence-corrected chi connectivity index (χ3v) is 8.89. The smallest absolute Gasteiger partial charge is 0.133 e. The van der Waals surface area contributed by atoms with Gasteiger partial charge in [-0.25, -0.2) is 0 Å². The largest absolute Gasteiger partial charge is 0.488 e. The van der Waals surface area contributed by atoms with E-state index in [2.05, 4.69) is 50.1 Å². The van der Waals surface area contributed by atoms with Gasteiger partial charge in [0.05, 0.1) is 0 Å². The average Bonchev–Trinajstić information content (AvgIpc) is 2.98. The van der Waals surface area contributed by atoms with Gasteiger partial charge >= 0.3 is 0 Å². The molecule has 0 aromatic heterocycles. The van der Waals surface area contributed by atoms with Crippen LogP contribution in [0, 0.1) is 23.7 Å². The molecule has 26 heavy (non-hydrogen) atoms. The van der Waals surface area contributed by atoms with Crippen molar-refractivity contribution in [3.8, 4) is 5.75 Å². The Morgan fingerprint density at radius 1 is 1.31 bits per heavy atom. The van der Waals surface area contributed by atoms with Crippen LogP contribution in [0.2, 0.25) is 0 Å². The molecule has 6 aliphatic rings. The Balaban J connectivity index is 1.73. The van der Waals surface area contributed by atoms with E-state index in [1.807, 2.05) is 0 Å². The van der Waals surface area contributed by atoms with Crippen LogP contribution in [0.15, 0.2) is 24.3 Å². The number of carbonyl (C=O) groups is 1. The van der Waals surface area contributed by atoms with Crippen molar-refractivity contribution in [2.75, 3.05) is 13.6 Å². The number of carbonyl (C=O) groups excluding carboxylic acids is 1. The lowest BCUT2D eigenvalue weighted by Crippen LogP contribution is -2.76. The number of fused-ring (bicyclic) bond motifs is 1. The Hall–Kier alpha value is -1.61. The van der Waals surface area contributed by atoms with Crippen molar-refractivity contribution >= 4 is 5.78 Å². The molecule has 1 aromatic carbocycles. The zero-order valence-corrected chi connectivity index (χ0v) is 16.1. The molecule has 2 spiro atoms. The van der Waals surface area contributed by atoms with E-state index in [4.69, 9.17) is 4.74 Å². The van der Waals surface area contributed by atoms with Gasteiger partial charge in [0.25, 0.3) is 0 Å². The van der Waals surface area contributed by atoms with Crippen LogP contribution in [-0.2, 0) is 16.6 Å². The average molecular weight is 349 g/mol. The number of benzene rings is 1. The topological polar surface area (TPSA) is 29.5 Å². The molecule has 0 unspecified atom stereocenters. The number of aryl methyl sites for hydroxylation is 1. The Labute approximate surface area is 155 Å². The fourth-order valence-electron chi connectivity index (χ4n) is 7.76. The van der Waals surface area contributed by atoms with Crippen molar-refractivity contribution in [3.05, 3.63) is 41.0 Å². The highest BCUT2D eigenvalue weighted by Gasteiger charge is 2.77. The molecule has 2 fully saturated rings. The monoisotopic (exact) mass is 349 g/mol. The zero-order chi connectivity index (χ0) is 18.1. The highest BCUT2D eigenvalue weighted by molar-refractivity contribution is 5.81. The minimum atomic E-state index is -0.200. The molecule has 0 amide bonds. The highest BCUT2D eigenvalue weighted by atomic mass is 16.5. The standard InChI is InChI=1S/C23H27NO2/c1-13-5-6-15-11-17-22-8-7-21(3,16(12-22)14(2)25)20-23(22,9-10-24(17)4)18(15)19(13)26-20/h5-8,16-17,20H,9-12H2,1-4H3/t16-,17-,20+,21+,22-,23+/m1/s1. The summed E-state index contributed by atoms with van der Waals surface area (Å²) < 4.78 is 6.83. The minimum absolute atomic E-state index is 0.0325. The summed E-state index contributed by atoms with van der Waals surface area (Å²) in [5, 5.41) is 0. The number of ether oxygens (including phenoxy) is 1. The molecule has 2 aliphatic heterocycles. The van der Waals surface area contributed by atoms with Gasteiger partial charge in [-0.1, -0.05) is 31.2 Å². The molecule has 4 aliphatic carbocycles. The Bertz CT molecular complexity index is 904. The number of likely N-dealkylation sites (tertiary alicyclic amines) is 1. The van der Waals surface area contributed by atoms with Gasteiger partial charge in [0.15, 0.2) is 0 Å². The minimum Gasteiger partial charge on any atom is -0.488 e. The molecule has 3 heteroatoms. The third kappa shape index (κ3) is 1.31. The Morgan fingerprint density at radius 3 is 2.88 bits per heavy atom.